The quantitative estimate of drug-likeness (QED) is 0.829. The van der Waals surface area contributed by atoms with Crippen molar-refractivity contribution >= 4 is 5.57 Å². The van der Waals surface area contributed by atoms with Crippen molar-refractivity contribution in [2.75, 3.05) is 6.61 Å². The second kappa shape index (κ2) is 8.16. The molecule has 1 atom stereocenters. The molecule has 0 bridgehead atoms. The van der Waals surface area contributed by atoms with E-state index in [-0.39, 0.29) is 46.7 Å². The topological polar surface area (TPSA) is 20.2 Å². The molecule has 2 rings (SSSR count). The number of aliphatic hydroxyl groups is 1. The van der Waals surface area contributed by atoms with Crippen LogP contribution in [0.1, 0.15) is 24.8 Å². The summed E-state index contributed by atoms with van der Waals surface area (Å²) in [4.78, 5) is 0. The summed E-state index contributed by atoms with van der Waals surface area (Å²) < 4.78 is 0. The molecule has 0 aliphatic heterocycles. The van der Waals surface area contributed by atoms with Crippen LogP contribution in [0.3, 0.4) is 0 Å². The molecule has 0 spiro atoms. The molecule has 85 valence electrons. The normalized spacial score (nSPS) is 19.1. The zero-order valence-corrected chi connectivity index (χ0v) is 12.7. The second-order valence-electron chi connectivity index (χ2n) is 3.84. The van der Waals surface area contributed by atoms with E-state index in [1.165, 1.54) is 17.6 Å². The second-order valence-corrected chi connectivity index (χ2v) is 3.84. The van der Waals surface area contributed by atoms with Crippen LogP contribution in [-0.4, -0.2) is 11.7 Å². The summed E-state index contributed by atoms with van der Waals surface area (Å²) in [6.07, 6.45) is 5.76. The number of benzene rings is 1. The van der Waals surface area contributed by atoms with E-state index in [1.54, 1.807) is 0 Å². The van der Waals surface area contributed by atoms with Crippen molar-refractivity contribution < 1.29 is 37.8 Å². The first kappa shape index (κ1) is 16.0. The third kappa shape index (κ3) is 3.80. The van der Waals surface area contributed by atoms with Gasteiger partial charge in [-0.05, 0) is 30.4 Å². The van der Waals surface area contributed by atoms with Gasteiger partial charge in [-0.15, -0.1) is 0 Å². The van der Waals surface area contributed by atoms with Gasteiger partial charge in [0.2, 0.25) is 0 Å². The SMILES string of the molecule is OCC1CCCC=C1c1ccccc1.[CH3-].[Y]. The van der Waals surface area contributed by atoms with Crippen LogP contribution < -0.4 is 0 Å². The third-order valence-electron chi connectivity index (χ3n) is 2.89. The molecule has 0 fully saturated rings. The zero-order chi connectivity index (χ0) is 9.80. The maximum atomic E-state index is 9.28. The van der Waals surface area contributed by atoms with E-state index in [0.717, 1.165) is 12.8 Å². The number of allylic oxidation sites excluding steroid dienone is 1. The molecule has 1 aliphatic carbocycles. The fourth-order valence-electron chi connectivity index (χ4n) is 2.12. The molecule has 1 nitrogen and oxygen atoms in total. The van der Waals surface area contributed by atoms with Crippen LogP contribution in [0.15, 0.2) is 36.4 Å². The van der Waals surface area contributed by atoms with Crippen LogP contribution in [0.2, 0.25) is 0 Å². The monoisotopic (exact) mass is 292 g/mol. The van der Waals surface area contributed by atoms with Crippen LogP contribution in [0.5, 0.6) is 0 Å². The maximum Gasteiger partial charge on any atom is 0.0499 e. The first-order valence-corrected chi connectivity index (χ1v) is 5.28. The molecule has 0 amide bonds. The summed E-state index contributed by atoms with van der Waals surface area (Å²) in [6, 6.07) is 10.4. The summed E-state index contributed by atoms with van der Waals surface area (Å²) in [6.45, 7) is 0.278. The standard InChI is InChI=1S/C13H16O.CH3.Y/c14-10-12-8-4-5-9-13(12)11-6-2-1-3-7-11;;/h1-3,6-7,9,12,14H,4-5,8,10H2;1H3;/q;-1;. The van der Waals surface area contributed by atoms with E-state index in [4.69, 9.17) is 0 Å². The molecule has 1 radical (unpaired) electrons. The van der Waals surface area contributed by atoms with Crippen molar-refractivity contribution in [3.63, 3.8) is 0 Å². The van der Waals surface area contributed by atoms with Crippen LogP contribution in [0.25, 0.3) is 5.57 Å². The molecular formula is C14H19OY-. The Labute approximate surface area is 124 Å². The summed E-state index contributed by atoms with van der Waals surface area (Å²) in [7, 11) is 0. The Balaban J connectivity index is 0.00000112. The van der Waals surface area contributed by atoms with E-state index in [0.29, 0.717) is 5.92 Å². The third-order valence-corrected chi connectivity index (χ3v) is 2.89. The number of hydrogen-bond donors (Lipinski definition) is 1. The van der Waals surface area contributed by atoms with Gasteiger partial charge in [0.05, 0.1) is 0 Å². The predicted molar refractivity (Wildman–Crippen MR) is 65.3 cm³/mol. The molecular weight excluding hydrogens is 273 g/mol. The summed E-state index contributed by atoms with van der Waals surface area (Å²) >= 11 is 0. The van der Waals surface area contributed by atoms with Crippen LogP contribution in [0.4, 0.5) is 0 Å². The molecule has 1 N–H and O–H groups in total. The van der Waals surface area contributed by atoms with Gasteiger partial charge in [-0.2, -0.15) is 0 Å². The van der Waals surface area contributed by atoms with Crippen molar-refractivity contribution in [2.24, 2.45) is 5.92 Å². The molecule has 1 aromatic rings. The van der Waals surface area contributed by atoms with Gasteiger partial charge in [-0.25, -0.2) is 0 Å². The molecule has 2 heteroatoms. The van der Waals surface area contributed by atoms with E-state index < -0.39 is 0 Å². The molecule has 0 saturated carbocycles. The average molecular weight is 292 g/mol. The van der Waals surface area contributed by atoms with Gasteiger partial charge in [0.1, 0.15) is 0 Å². The fraction of sp³-hybridized carbons (Fsp3) is 0.357. The zero-order valence-electron chi connectivity index (χ0n) is 9.89. The number of hydrogen-bond acceptors (Lipinski definition) is 1. The van der Waals surface area contributed by atoms with Gasteiger partial charge in [0.15, 0.2) is 0 Å². The molecule has 1 aromatic carbocycles. The Morgan fingerprint density at radius 1 is 1.19 bits per heavy atom. The van der Waals surface area contributed by atoms with E-state index in [2.05, 4.69) is 30.3 Å². The van der Waals surface area contributed by atoms with Gasteiger partial charge >= 0.3 is 0 Å². The first-order chi connectivity index (χ1) is 6.92. The minimum absolute atomic E-state index is 0. The Morgan fingerprint density at radius 2 is 1.88 bits per heavy atom. The minimum atomic E-state index is 0. The van der Waals surface area contributed by atoms with E-state index in [1.807, 2.05) is 6.07 Å². The van der Waals surface area contributed by atoms with Crippen LogP contribution >= 0.6 is 0 Å². The minimum Gasteiger partial charge on any atom is -0.396 e. The predicted octanol–water partition coefficient (Wildman–Crippen LogP) is 3.31. The summed E-state index contributed by atoms with van der Waals surface area (Å²) in [5, 5.41) is 9.28. The first-order valence-electron chi connectivity index (χ1n) is 5.28. The molecule has 16 heavy (non-hydrogen) atoms. The van der Waals surface area contributed by atoms with Crippen molar-refractivity contribution in [3.8, 4) is 0 Å². The molecule has 0 aromatic heterocycles. The van der Waals surface area contributed by atoms with E-state index >= 15 is 0 Å². The Bertz CT molecular complexity index is 319. The van der Waals surface area contributed by atoms with Crippen LogP contribution in [-0.2, 0) is 32.7 Å². The molecule has 1 unspecified atom stereocenters. The van der Waals surface area contributed by atoms with Crippen LogP contribution in [0, 0.1) is 13.3 Å². The maximum absolute atomic E-state index is 9.28. The van der Waals surface area contributed by atoms with Gasteiger partial charge in [-0.3, -0.25) is 0 Å². The van der Waals surface area contributed by atoms with Gasteiger partial charge < -0.3 is 12.5 Å². The van der Waals surface area contributed by atoms with Crippen molar-refractivity contribution in [3.05, 3.63) is 49.4 Å². The van der Waals surface area contributed by atoms with E-state index in [9.17, 15) is 5.11 Å². The van der Waals surface area contributed by atoms with Gasteiger partial charge in [0.25, 0.3) is 0 Å². The molecule has 0 heterocycles. The number of aliphatic hydroxyl groups excluding tert-OH is 1. The van der Waals surface area contributed by atoms with Gasteiger partial charge in [-0.1, -0.05) is 36.4 Å². The van der Waals surface area contributed by atoms with Crippen molar-refractivity contribution in [1.82, 2.24) is 0 Å². The molecule has 1 aliphatic rings. The average Bonchev–Trinajstić information content (AvgIpc) is 2.30. The van der Waals surface area contributed by atoms with Gasteiger partial charge in [0, 0.05) is 45.2 Å². The Kier molecular flexibility index (Phi) is 8.18. The number of rotatable bonds is 2. The molecule has 0 saturated heterocycles. The largest absolute Gasteiger partial charge is 0.396 e. The summed E-state index contributed by atoms with van der Waals surface area (Å²) in [5.41, 5.74) is 2.60. The Morgan fingerprint density at radius 3 is 2.50 bits per heavy atom. The van der Waals surface area contributed by atoms with Crippen molar-refractivity contribution in [1.29, 1.82) is 0 Å². The smallest absolute Gasteiger partial charge is 0.0499 e. The summed E-state index contributed by atoms with van der Waals surface area (Å²) in [5.74, 6) is 0.353. The Hall–Kier alpha value is 0.0239. The fourth-order valence-corrected chi connectivity index (χ4v) is 2.12. The van der Waals surface area contributed by atoms with Crippen molar-refractivity contribution in [2.45, 2.75) is 19.3 Å².